The van der Waals surface area contributed by atoms with Crippen LogP contribution in [0.25, 0.3) is 23.0 Å². The monoisotopic (exact) mass is 481 g/mol. The maximum absolute atomic E-state index is 13.6. The fraction of sp³-hybridized carbons (Fsp3) is 0.261. The predicted molar refractivity (Wildman–Crippen MR) is 123 cm³/mol. The Morgan fingerprint density at radius 3 is 2.50 bits per heavy atom. The first kappa shape index (κ1) is 22.1. The van der Waals surface area contributed by atoms with Crippen molar-refractivity contribution in [2.75, 3.05) is 20.8 Å². The van der Waals surface area contributed by atoms with Crippen molar-refractivity contribution < 1.29 is 22.3 Å². The van der Waals surface area contributed by atoms with Crippen LogP contribution >= 0.6 is 0 Å². The number of aryl methyl sites for hydroxylation is 1. The lowest BCUT2D eigenvalue weighted by molar-refractivity contribution is 0.371. The van der Waals surface area contributed by atoms with Crippen molar-refractivity contribution in [3.8, 4) is 34.5 Å². The van der Waals surface area contributed by atoms with Gasteiger partial charge in [-0.25, -0.2) is 8.42 Å². The normalized spacial score (nSPS) is 14.1. The van der Waals surface area contributed by atoms with Crippen molar-refractivity contribution in [1.82, 2.24) is 24.3 Å². The zero-order valence-corrected chi connectivity index (χ0v) is 19.7. The summed E-state index contributed by atoms with van der Waals surface area (Å²) in [6.45, 7) is 0.415. The molecular formula is C23H23N5O5S. The molecule has 34 heavy (non-hydrogen) atoms. The summed E-state index contributed by atoms with van der Waals surface area (Å²) < 4.78 is 46.8. The Balaban J connectivity index is 1.51. The second kappa shape index (κ2) is 8.58. The SMILES string of the molecule is COc1ccc(OC)c(S(=O)(=O)N2CCc3c(c(-c4nnc(-c5ccccc5)o4)nn3C)C2)c1. The third kappa shape index (κ3) is 3.72. The molecule has 11 heteroatoms. The van der Waals surface area contributed by atoms with E-state index in [1.54, 1.807) is 16.8 Å². The molecule has 10 nitrogen and oxygen atoms in total. The third-order valence-electron chi connectivity index (χ3n) is 5.84. The van der Waals surface area contributed by atoms with E-state index >= 15 is 0 Å². The molecule has 3 heterocycles. The van der Waals surface area contributed by atoms with E-state index < -0.39 is 10.0 Å². The van der Waals surface area contributed by atoms with Gasteiger partial charge in [0.2, 0.25) is 15.9 Å². The quantitative estimate of drug-likeness (QED) is 0.413. The Morgan fingerprint density at radius 2 is 1.76 bits per heavy atom. The van der Waals surface area contributed by atoms with Crippen molar-refractivity contribution in [3.05, 3.63) is 59.8 Å². The number of sulfonamides is 1. The van der Waals surface area contributed by atoms with E-state index in [0.717, 1.165) is 16.8 Å². The average Bonchev–Trinajstić information content (AvgIpc) is 3.49. The first-order valence-corrected chi connectivity index (χ1v) is 12.0. The number of benzene rings is 2. The predicted octanol–water partition coefficient (Wildman–Crippen LogP) is 2.90. The van der Waals surface area contributed by atoms with Crippen LogP contribution in [0, 0.1) is 0 Å². The number of rotatable bonds is 6. The van der Waals surface area contributed by atoms with Gasteiger partial charge >= 0.3 is 0 Å². The second-order valence-corrected chi connectivity index (χ2v) is 9.69. The summed E-state index contributed by atoms with van der Waals surface area (Å²) in [5.74, 6) is 1.30. The zero-order valence-electron chi connectivity index (χ0n) is 18.9. The standard InChI is InChI=1S/C23H23N5O5S/c1-27-18-11-12-28(34(29,30)20-13-16(31-2)9-10-19(20)32-3)14-17(18)21(26-27)23-25-24-22(33-23)15-7-5-4-6-8-15/h4-10,13H,11-12,14H2,1-3H3. The van der Waals surface area contributed by atoms with Crippen molar-refractivity contribution in [2.24, 2.45) is 7.05 Å². The molecule has 0 atom stereocenters. The number of hydrogen-bond acceptors (Lipinski definition) is 8. The minimum Gasteiger partial charge on any atom is -0.497 e. The Labute approximate surface area is 196 Å². The van der Waals surface area contributed by atoms with E-state index in [1.165, 1.54) is 24.6 Å². The number of ether oxygens (including phenoxy) is 2. The zero-order chi connectivity index (χ0) is 23.9. The van der Waals surface area contributed by atoms with E-state index in [2.05, 4.69) is 15.3 Å². The lowest BCUT2D eigenvalue weighted by Crippen LogP contribution is -2.36. The van der Waals surface area contributed by atoms with E-state index in [-0.39, 0.29) is 23.1 Å². The molecule has 2 aromatic heterocycles. The number of nitrogens with zero attached hydrogens (tertiary/aromatic N) is 5. The van der Waals surface area contributed by atoms with Gasteiger partial charge in [-0.3, -0.25) is 4.68 Å². The number of aromatic nitrogens is 4. The van der Waals surface area contributed by atoms with Gasteiger partial charge in [-0.05, 0) is 24.3 Å². The fourth-order valence-corrected chi connectivity index (χ4v) is 5.67. The molecule has 0 aliphatic carbocycles. The summed E-state index contributed by atoms with van der Waals surface area (Å²) >= 11 is 0. The molecule has 0 saturated carbocycles. The lowest BCUT2D eigenvalue weighted by Gasteiger charge is -2.27. The Hall–Kier alpha value is -3.70. The molecule has 0 saturated heterocycles. The Kier molecular flexibility index (Phi) is 5.58. The van der Waals surface area contributed by atoms with Crippen LogP contribution in [0.2, 0.25) is 0 Å². The summed E-state index contributed by atoms with van der Waals surface area (Å²) in [4.78, 5) is 0.0485. The van der Waals surface area contributed by atoms with Crippen LogP contribution in [0.1, 0.15) is 11.3 Å². The minimum absolute atomic E-state index is 0.0485. The van der Waals surface area contributed by atoms with Gasteiger partial charge in [0.25, 0.3) is 5.89 Å². The van der Waals surface area contributed by atoms with Crippen molar-refractivity contribution in [3.63, 3.8) is 0 Å². The van der Waals surface area contributed by atoms with Gasteiger partial charge in [0.15, 0.2) is 5.69 Å². The van der Waals surface area contributed by atoms with Gasteiger partial charge in [0.1, 0.15) is 16.4 Å². The van der Waals surface area contributed by atoms with E-state index in [9.17, 15) is 8.42 Å². The first-order valence-electron chi connectivity index (χ1n) is 10.6. The summed E-state index contributed by atoms with van der Waals surface area (Å²) in [5.41, 5.74) is 2.94. The van der Waals surface area contributed by atoms with Crippen LogP contribution in [-0.4, -0.2) is 53.5 Å². The molecule has 0 radical (unpaired) electrons. The van der Waals surface area contributed by atoms with Crippen molar-refractivity contribution >= 4 is 10.0 Å². The fourth-order valence-electron chi connectivity index (χ4n) is 4.09. The maximum Gasteiger partial charge on any atom is 0.268 e. The average molecular weight is 482 g/mol. The van der Waals surface area contributed by atoms with Crippen LogP contribution in [0.5, 0.6) is 11.5 Å². The Bertz CT molecular complexity index is 1450. The first-order chi connectivity index (χ1) is 16.4. The number of hydrogen-bond donors (Lipinski definition) is 0. The Morgan fingerprint density at radius 1 is 1.00 bits per heavy atom. The lowest BCUT2D eigenvalue weighted by atomic mass is 10.1. The molecule has 0 N–H and O–H groups in total. The summed E-state index contributed by atoms with van der Waals surface area (Å²) in [7, 11) is 0.869. The third-order valence-corrected chi connectivity index (χ3v) is 7.71. The maximum atomic E-state index is 13.6. The molecule has 0 unspecified atom stereocenters. The van der Waals surface area contributed by atoms with Gasteiger partial charge < -0.3 is 13.9 Å². The van der Waals surface area contributed by atoms with E-state index in [4.69, 9.17) is 13.9 Å². The van der Waals surface area contributed by atoms with Gasteiger partial charge in [0, 0.05) is 49.4 Å². The van der Waals surface area contributed by atoms with Crippen LogP contribution < -0.4 is 9.47 Å². The van der Waals surface area contributed by atoms with Crippen LogP contribution in [0.4, 0.5) is 0 Å². The van der Waals surface area contributed by atoms with Crippen LogP contribution in [0.15, 0.2) is 57.8 Å². The molecule has 5 rings (SSSR count). The molecule has 176 valence electrons. The molecule has 4 aromatic rings. The van der Waals surface area contributed by atoms with E-state index in [1.807, 2.05) is 37.4 Å². The summed E-state index contributed by atoms with van der Waals surface area (Å²) in [6.07, 6.45) is 0.490. The highest BCUT2D eigenvalue weighted by Crippen LogP contribution is 2.36. The highest BCUT2D eigenvalue weighted by molar-refractivity contribution is 7.89. The van der Waals surface area contributed by atoms with Crippen molar-refractivity contribution in [2.45, 2.75) is 17.9 Å². The van der Waals surface area contributed by atoms with E-state index in [0.29, 0.717) is 30.3 Å². The topological polar surface area (TPSA) is 113 Å². The summed E-state index contributed by atoms with van der Waals surface area (Å²) in [6, 6.07) is 14.1. The van der Waals surface area contributed by atoms with Gasteiger partial charge in [-0.1, -0.05) is 18.2 Å². The van der Waals surface area contributed by atoms with Gasteiger partial charge in [-0.15, -0.1) is 10.2 Å². The number of fused-ring (bicyclic) bond motifs is 1. The molecule has 2 aromatic carbocycles. The number of methoxy groups -OCH3 is 2. The van der Waals surface area contributed by atoms with Crippen molar-refractivity contribution in [1.29, 1.82) is 0 Å². The highest BCUT2D eigenvalue weighted by Gasteiger charge is 2.35. The molecule has 1 aliphatic heterocycles. The molecule has 0 fully saturated rings. The minimum atomic E-state index is -3.88. The van der Waals surface area contributed by atoms with Gasteiger partial charge in [0.05, 0.1) is 14.2 Å². The molecule has 0 bridgehead atoms. The highest BCUT2D eigenvalue weighted by atomic mass is 32.2. The molecule has 0 spiro atoms. The van der Waals surface area contributed by atoms with Crippen LogP contribution in [0.3, 0.4) is 0 Å². The largest absolute Gasteiger partial charge is 0.497 e. The summed E-state index contributed by atoms with van der Waals surface area (Å²) in [5, 5.41) is 12.9. The van der Waals surface area contributed by atoms with Crippen LogP contribution in [-0.2, 0) is 30.0 Å². The molecule has 0 amide bonds. The molecule has 1 aliphatic rings. The second-order valence-electron chi connectivity index (χ2n) is 7.78. The smallest absolute Gasteiger partial charge is 0.268 e. The molecular weight excluding hydrogens is 458 g/mol. The van der Waals surface area contributed by atoms with Gasteiger partial charge in [-0.2, -0.15) is 9.40 Å².